The van der Waals surface area contributed by atoms with E-state index < -0.39 is 0 Å². The van der Waals surface area contributed by atoms with Crippen molar-refractivity contribution in [1.29, 1.82) is 0 Å². The first-order chi connectivity index (χ1) is 4.14. The van der Waals surface area contributed by atoms with E-state index in [4.69, 9.17) is 5.11 Å². The van der Waals surface area contributed by atoms with Crippen LogP contribution in [-0.4, -0.2) is 56.4 Å². The van der Waals surface area contributed by atoms with Crippen molar-refractivity contribution in [2.75, 3.05) is 12.4 Å². The quantitative estimate of drug-likeness (QED) is 0.618. The second kappa shape index (κ2) is 4.63. The summed E-state index contributed by atoms with van der Waals surface area (Å²) in [5.74, 6) is 1.11. The molecule has 0 aromatic rings. The molecular formula is C6H13NaOS2. The number of hydrogen-bond acceptors (Lipinski definition) is 3. The van der Waals surface area contributed by atoms with Crippen molar-refractivity contribution < 1.29 is 5.11 Å². The Morgan fingerprint density at radius 3 is 2.40 bits per heavy atom. The molecule has 10 heavy (non-hydrogen) atoms. The van der Waals surface area contributed by atoms with Crippen LogP contribution in [0.1, 0.15) is 13.8 Å². The SMILES string of the molecule is CC1(C)SCC(CO)S1.[NaH]. The molecular weight excluding hydrogens is 175 g/mol. The van der Waals surface area contributed by atoms with E-state index in [0.29, 0.717) is 15.9 Å². The van der Waals surface area contributed by atoms with E-state index >= 15 is 0 Å². The molecule has 0 saturated carbocycles. The van der Waals surface area contributed by atoms with Crippen molar-refractivity contribution >= 4 is 53.1 Å². The van der Waals surface area contributed by atoms with Gasteiger partial charge in [0, 0.05) is 11.0 Å². The van der Waals surface area contributed by atoms with Crippen LogP contribution in [0.2, 0.25) is 0 Å². The summed E-state index contributed by atoms with van der Waals surface area (Å²) < 4.78 is 0.341. The Bertz CT molecular complexity index is 108. The summed E-state index contributed by atoms with van der Waals surface area (Å²) in [6.07, 6.45) is 0. The number of aliphatic hydroxyl groups is 1. The molecule has 0 aliphatic carbocycles. The van der Waals surface area contributed by atoms with Crippen molar-refractivity contribution in [2.45, 2.75) is 23.2 Å². The van der Waals surface area contributed by atoms with Crippen LogP contribution in [-0.2, 0) is 0 Å². The maximum atomic E-state index is 8.76. The fourth-order valence-electron chi connectivity index (χ4n) is 0.853. The summed E-state index contributed by atoms with van der Waals surface area (Å²) in [5.41, 5.74) is 0. The Morgan fingerprint density at radius 1 is 1.60 bits per heavy atom. The van der Waals surface area contributed by atoms with E-state index in [1.165, 1.54) is 0 Å². The van der Waals surface area contributed by atoms with Crippen LogP contribution in [0.15, 0.2) is 0 Å². The van der Waals surface area contributed by atoms with Crippen molar-refractivity contribution in [3.8, 4) is 0 Å². The molecule has 1 heterocycles. The summed E-state index contributed by atoms with van der Waals surface area (Å²) in [6.45, 7) is 4.75. The Labute approximate surface area is 93.0 Å². The second-order valence-electron chi connectivity index (χ2n) is 2.63. The predicted molar refractivity (Wildman–Crippen MR) is 52.2 cm³/mol. The molecule has 56 valence electrons. The van der Waals surface area contributed by atoms with E-state index in [-0.39, 0.29) is 29.6 Å². The topological polar surface area (TPSA) is 20.2 Å². The Morgan fingerprint density at radius 2 is 2.20 bits per heavy atom. The number of thioether (sulfide) groups is 2. The van der Waals surface area contributed by atoms with Crippen molar-refractivity contribution in [1.82, 2.24) is 0 Å². The van der Waals surface area contributed by atoms with Crippen molar-refractivity contribution in [3.05, 3.63) is 0 Å². The first kappa shape index (κ1) is 11.7. The van der Waals surface area contributed by atoms with Crippen molar-refractivity contribution in [2.24, 2.45) is 0 Å². The van der Waals surface area contributed by atoms with E-state index in [1.807, 2.05) is 23.5 Å². The molecule has 0 aromatic carbocycles. The zero-order valence-corrected chi connectivity index (χ0v) is 7.39. The van der Waals surface area contributed by atoms with Gasteiger partial charge in [-0.1, -0.05) is 0 Å². The Balaban J connectivity index is 0.000000810. The number of rotatable bonds is 1. The van der Waals surface area contributed by atoms with Gasteiger partial charge in [0.25, 0.3) is 0 Å². The molecule has 1 fully saturated rings. The van der Waals surface area contributed by atoms with Crippen LogP contribution in [0.3, 0.4) is 0 Å². The van der Waals surface area contributed by atoms with E-state index in [9.17, 15) is 0 Å². The van der Waals surface area contributed by atoms with E-state index in [0.717, 1.165) is 5.75 Å². The normalized spacial score (nSPS) is 29.7. The van der Waals surface area contributed by atoms with Gasteiger partial charge in [0.1, 0.15) is 0 Å². The van der Waals surface area contributed by atoms with Crippen molar-refractivity contribution in [3.63, 3.8) is 0 Å². The fourth-order valence-corrected chi connectivity index (χ4v) is 3.78. The third-order valence-electron chi connectivity index (χ3n) is 1.27. The molecule has 0 bridgehead atoms. The molecule has 0 radical (unpaired) electrons. The molecule has 1 nitrogen and oxygen atoms in total. The summed E-state index contributed by atoms with van der Waals surface area (Å²) in [4.78, 5) is 0. The van der Waals surface area contributed by atoms with Gasteiger partial charge in [0.2, 0.25) is 0 Å². The minimum absolute atomic E-state index is 0. The van der Waals surface area contributed by atoms with E-state index in [1.54, 1.807) is 0 Å². The minimum atomic E-state index is 0. The molecule has 1 unspecified atom stereocenters. The third kappa shape index (κ3) is 3.37. The van der Waals surface area contributed by atoms with Crippen LogP contribution < -0.4 is 0 Å². The monoisotopic (exact) mass is 188 g/mol. The zero-order chi connectivity index (χ0) is 6.91. The van der Waals surface area contributed by atoms with Gasteiger partial charge in [-0.3, -0.25) is 0 Å². The van der Waals surface area contributed by atoms with Gasteiger partial charge in [0.05, 0.1) is 10.7 Å². The molecule has 1 N–H and O–H groups in total. The fraction of sp³-hybridized carbons (Fsp3) is 1.00. The van der Waals surface area contributed by atoms with Gasteiger partial charge in [-0.2, -0.15) is 0 Å². The maximum absolute atomic E-state index is 8.76. The van der Waals surface area contributed by atoms with Crippen LogP contribution in [0.5, 0.6) is 0 Å². The average Bonchev–Trinajstić information content (AvgIpc) is 2.10. The first-order valence-corrected chi connectivity index (χ1v) is 4.93. The molecule has 0 amide bonds. The number of hydrogen-bond donors (Lipinski definition) is 1. The van der Waals surface area contributed by atoms with Crippen LogP contribution in [0, 0.1) is 0 Å². The molecule has 0 aromatic heterocycles. The van der Waals surface area contributed by atoms with Gasteiger partial charge in [-0.15, -0.1) is 23.5 Å². The van der Waals surface area contributed by atoms with Crippen LogP contribution in [0.25, 0.3) is 0 Å². The predicted octanol–water partition coefficient (Wildman–Crippen LogP) is 0.915. The molecule has 1 atom stereocenters. The summed E-state index contributed by atoms with van der Waals surface area (Å²) in [5, 5.41) is 9.24. The van der Waals surface area contributed by atoms with Crippen LogP contribution >= 0.6 is 23.5 Å². The Hall–Kier alpha value is 1.66. The molecule has 0 spiro atoms. The van der Waals surface area contributed by atoms with Gasteiger partial charge in [-0.05, 0) is 13.8 Å². The second-order valence-corrected chi connectivity index (χ2v) is 6.46. The number of aliphatic hydroxyl groups excluding tert-OH is 1. The summed E-state index contributed by atoms with van der Waals surface area (Å²) >= 11 is 3.82. The summed E-state index contributed by atoms with van der Waals surface area (Å²) in [6, 6.07) is 0. The molecule has 1 saturated heterocycles. The van der Waals surface area contributed by atoms with Crippen LogP contribution in [0.4, 0.5) is 0 Å². The average molecular weight is 188 g/mol. The van der Waals surface area contributed by atoms with Gasteiger partial charge in [-0.25, -0.2) is 0 Å². The standard InChI is InChI=1S/C6H12OS2.Na.H/c1-6(2)8-4-5(3-7)9-6;;/h5,7H,3-4H2,1-2H3;;. The molecule has 1 rings (SSSR count). The van der Waals surface area contributed by atoms with Gasteiger partial charge in [0.15, 0.2) is 0 Å². The summed E-state index contributed by atoms with van der Waals surface area (Å²) in [7, 11) is 0. The zero-order valence-electron chi connectivity index (χ0n) is 5.76. The Kier molecular flexibility index (Phi) is 5.40. The molecule has 1 aliphatic rings. The third-order valence-corrected chi connectivity index (χ3v) is 4.61. The first-order valence-electron chi connectivity index (χ1n) is 3.07. The van der Waals surface area contributed by atoms with E-state index in [2.05, 4.69) is 13.8 Å². The molecule has 1 aliphatic heterocycles. The van der Waals surface area contributed by atoms with Gasteiger partial charge >= 0.3 is 29.6 Å². The molecule has 4 heteroatoms. The van der Waals surface area contributed by atoms with Gasteiger partial charge < -0.3 is 5.11 Å².